The molecule has 0 aromatic heterocycles. The van der Waals surface area contributed by atoms with Crippen LogP contribution in [0.1, 0.15) is 50.5 Å². The Morgan fingerprint density at radius 1 is 1.03 bits per heavy atom. The number of benzene rings is 2. The summed E-state index contributed by atoms with van der Waals surface area (Å²) in [7, 11) is 0. The van der Waals surface area contributed by atoms with E-state index in [-0.39, 0.29) is 31.5 Å². The quantitative estimate of drug-likeness (QED) is 0.544. The number of carbonyl (C=O) groups excluding carboxylic acids is 2. The van der Waals surface area contributed by atoms with Crippen LogP contribution in [0, 0.1) is 0 Å². The maximum absolute atomic E-state index is 12.7. The van der Waals surface area contributed by atoms with E-state index in [9.17, 15) is 9.59 Å². The van der Waals surface area contributed by atoms with Crippen LogP contribution >= 0.6 is 0 Å². The molecule has 2 heterocycles. The molecule has 1 amide bonds. The van der Waals surface area contributed by atoms with Crippen LogP contribution < -0.4 is 5.32 Å². The molecule has 4 rings (SSSR count). The van der Waals surface area contributed by atoms with Crippen molar-refractivity contribution in [3.63, 3.8) is 0 Å². The second-order valence-corrected chi connectivity index (χ2v) is 8.80. The zero-order chi connectivity index (χ0) is 24.6. The van der Waals surface area contributed by atoms with Crippen molar-refractivity contribution in [1.82, 2.24) is 5.32 Å². The third kappa shape index (κ3) is 6.67. The first-order valence-corrected chi connectivity index (χ1v) is 12.1. The van der Waals surface area contributed by atoms with Gasteiger partial charge in [-0.05, 0) is 12.0 Å². The van der Waals surface area contributed by atoms with E-state index >= 15 is 0 Å². The van der Waals surface area contributed by atoms with Crippen LogP contribution in [-0.2, 0) is 39.9 Å². The molecule has 0 saturated carbocycles. The molecule has 2 aromatic rings. The third-order valence-corrected chi connectivity index (χ3v) is 6.04. The summed E-state index contributed by atoms with van der Waals surface area (Å²) in [6.45, 7) is 3.92. The molecule has 0 aliphatic carbocycles. The number of amides is 1. The molecule has 0 bridgehead atoms. The van der Waals surface area contributed by atoms with Gasteiger partial charge in [-0.15, -0.1) is 0 Å². The lowest BCUT2D eigenvalue weighted by atomic mass is 9.95. The summed E-state index contributed by atoms with van der Waals surface area (Å²) in [5.74, 6) is -0.632. The molecule has 0 spiro atoms. The van der Waals surface area contributed by atoms with Gasteiger partial charge in [-0.3, -0.25) is 9.59 Å². The minimum Gasteiger partial charge on any atom is -0.457 e. The lowest BCUT2D eigenvalue weighted by Gasteiger charge is -2.48. The highest BCUT2D eigenvalue weighted by molar-refractivity contribution is 5.73. The lowest BCUT2D eigenvalue weighted by Crippen LogP contribution is -2.67. The second-order valence-electron chi connectivity index (χ2n) is 8.80. The maximum atomic E-state index is 12.7. The largest absolute Gasteiger partial charge is 0.457 e. The molecule has 2 aromatic carbocycles. The van der Waals surface area contributed by atoms with Crippen molar-refractivity contribution in [1.29, 1.82) is 0 Å². The molecule has 1 N–H and O–H groups in total. The number of fused-ring (bicyclic) bond motifs is 1. The molecule has 2 fully saturated rings. The Labute approximate surface area is 205 Å². The van der Waals surface area contributed by atoms with Crippen LogP contribution in [0.2, 0.25) is 0 Å². The van der Waals surface area contributed by atoms with Gasteiger partial charge in [0, 0.05) is 18.9 Å². The molecule has 188 valence electrons. The maximum Gasteiger partial charge on any atom is 0.306 e. The average Bonchev–Trinajstić information content (AvgIpc) is 2.88. The van der Waals surface area contributed by atoms with Crippen molar-refractivity contribution in [3.8, 4) is 0 Å². The SMILES string of the molecule is CCCCC(=O)O[C@@H]1[C@H](NC(C)=O)[C@H](OCc2ccccc2)O[C@H]2CO[C@@H](c3ccccc3)O[C@@H]12. The predicted octanol–water partition coefficient (Wildman–Crippen LogP) is 3.65. The van der Waals surface area contributed by atoms with Gasteiger partial charge in [0.05, 0.1) is 13.2 Å². The fraction of sp³-hybridized carbons (Fsp3) is 0.481. The van der Waals surface area contributed by atoms with Crippen molar-refractivity contribution in [2.24, 2.45) is 0 Å². The van der Waals surface area contributed by atoms with Gasteiger partial charge in [0.15, 0.2) is 18.7 Å². The molecule has 6 atom stereocenters. The molecule has 0 radical (unpaired) electrons. The van der Waals surface area contributed by atoms with Crippen LogP contribution in [0.4, 0.5) is 0 Å². The first-order valence-electron chi connectivity index (χ1n) is 12.1. The van der Waals surface area contributed by atoms with Crippen molar-refractivity contribution >= 4 is 11.9 Å². The van der Waals surface area contributed by atoms with Crippen LogP contribution in [0.5, 0.6) is 0 Å². The molecule has 2 aliphatic rings. The monoisotopic (exact) mass is 483 g/mol. The van der Waals surface area contributed by atoms with E-state index in [0.717, 1.165) is 17.5 Å². The van der Waals surface area contributed by atoms with Gasteiger partial charge >= 0.3 is 5.97 Å². The van der Waals surface area contributed by atoms with Crippen LogP contribution in [-0.4, -0.2) is 49.1 Å². The van der Waals surface area contributed by atoms with Crippen molar-refractivity contribution in [2.75, 3.05) is 6.61 Å². The minimum atomic E-state index is -0.857. The molecule has 0 unspecified atom stereocenters. The second kappa shape index (κ2) is 12.3. The van der Waals surface area contributed by atoms with E-state index in [1.807, 2.05) is 67.6 Å². The Kier molecular flexibility index (Phi) is 8.87. The summed E-state index contributed by atoms with van der Waals surface area (Å²) in [6.07, 6.45) is -1.62. The number of ether oxygens (including phenoxy) is 5. The summed E-state index contributed by atoms with van der Waals surface area (Å²) in [4.78, 5) is 24.9. The molecule has 8 heteroatoms. The standard InChI is InChI=1S/C27H33NO7/c1-3-4-15-22(30)34-25-23(28-18(2)29)27(31-16-19-11-7-5-8-12-19)33-21-17-32-26(35-24(21)25)20-13-9-6-10-14-20/h5-14,21,23-27H,3-4,15-17H2,1-2H3,(H,28,29)/t21-,23-,24+,25+,26+,27+/m0/s1. The fourth-order valence-electron chi connectivity index (χ4n) is 4.31. The summed E-state index contributed by atoms with van der Waals surface area (Å²) in [6, 6.07) is 18.5. The third-order valence-electron chi connectivity index (χ3n) is 6.04. The molecular formula is C27H33NO7. The number of esters is 1. The van der Waals surface area contributed by atoms with E-state index in [1.54, 1.807) is 0 Å². The number of nitrogens with one attached hydrogen (secondary N) is 1. The highest BCUT2D eigenvalue weighted by atomic mass is 16.8. The van der Waals surface area contributed by atoms with Crippen molar-refractivity contribution in [2.45, 2.75) is 76.7 Å². The lowest BCUT2D eigenvalue weighted by molar-refractivity contribution is -0.346. The highest BCUT2D eigenvalue weighted by Gasteiger charge is 2.52. The zero-order valence-electron chi connectivity index (χ0n) is 20.1. The number of rotatable bonds is 9. The average molecular weight is 484 g/mol. The van der Waals surface area contributed by atoms with E-state index in [2.05, 4.69) is 5.32 Å². The van der Waals surface area contributed by atoms with Gasteiger partial charge < -0.3 is 29.0 Å². The topological polar surface area (TPSA) is 92.3 Å². The minimum absolute atomic E-state index is 0.227. The van der Waals surface area contributed by atoms with Gasteiger partial charge in [0.2, 0.25) is 5.91 Å². The smallest absolute Gasteiger partial charge is 0.306 e. The van der Waals surface area contributed by atoms with E-state index in [4.69, 9.17) is 23.7 Å². The van der Waals surface area contributed by atoms with Crippen LogP contribution in [0.15, 0.2) is 60.7 Å². The van der Waals surface area contributed by atoms with Crippen molar-refractivity contribution < 1.29 is 33.3 Å². The summed E-state index contributed by atoms with van der Waals surface area (Å²) >= 11 is 0. The Morgan fingerprint density at radius 3 is 2.43 bits per heavy atom. The van der Waals surface area contributed by atoms with Crippen molar-refractivity contribution in [3.05, 3.63) is 71.8 Å². The van der Waals surface area contributed by atoms with Gasteiger partial charge in [-0.2, -0.15) is 0 Å². The number of hydrogen-bond acceptors (Lipinski definition) is 7. The Bertz CT molecular complexity index is 955. The van der Waals surface area contributed by atoms with Gasteiger partial charge in [0.25, 0.3) is 0 Å². The summed E-state index contributed by atoms with van der Waals surface area (Å²) in [5, 5.41) is 2.88. The van der Waals surface area contributed by atoms with Crippen LogP contribution in [0.3, 0.4) is 0 Å². The van der Waals surface area contributed by atoms with Gasteiger partial charge in [0.1, 0.15) is 18.2 Å². The molecule has 8 nitrogen and oxygen atoms in total. The van der Waals surface area contributed by atoms with Gasteiger partial charge in [-0.1, -0.05) is 74.0 Å². The van der Waals surface area contributed by atoms with E-state index < -0.39 is 36.9 Å². The first kappa shape index (κ1) is 25.3. The number of hydrogen-bond donors (Lipinski definition) is 1. The Hall–Kier alpha value is -2.78. The fourth-order valence-corrected chi connectivity index (χ4v) is 4.31. The normalized spacial score (nSPS) is 28.1. The number of carbonyl (C=O) groups is 2. The predicted molar refractivity (Wildman–Crippen MR) is 127 cm³/mol. The first-order chi connectivity index (χ1) is 17.0. The van der Waals surface area contributed by atoms with Gasteiger partial charge in [-0.25, -0.2) is 0 Å². The molecule has 35 heavy (non-hydrogen) atoms. The summed E-state index contributed by atoms with van der Waals surface area (Å²) in [5.41, 5.74) is 1.80. The summed E-state index contributed by atoms with van der Waals surface area (Å²) < 4.78 is 30.5. The molecule has 2 aliphatic heterocycles. The van der Waals surface area contributed by atoms with E-state index in [0.29, 0.717) is 6.42 Å². The highest BCUT2D eigenvalue weighted by Crippen LogP contribution is 2.36. The Balaban J connectivity index is 1.57. The van der Waals surface area contributed by atoms with Crippen LogP contribution in [0.25, 0.3) is 0 Å². The Morgan fingerprint density at radius 2 is 1.74 bits per heavy atom. The zero-order valence-corrected chi connectivity index (χ0v) is 20.1. The van der Waals surface area contributed by atoms with E-state index in [1.165, 1.54) is 6.92 Å². The molecule has 2 saturated heterocycles. The molecular weight excluding hydrogens is 450 g/mol. The number of unbranched alkanes of at least 4 members (excludes halogenated alkanes) is 1.